The summed E-state index contributed by atoms with van der Waals surface area (Å²) in [6.45, 7) is 3.86. The average Bonchev–Trinajstić information content (AvgIpc) is 2.50. The normalized spacial score (nSPS) is 10.1. The van der Waals surface area contributed by atoms with Gasteiger partial charge in [-0.15, -0.1) is 0 Å². The summed E-state index contributed by atoms with van der Waals surface area (Å²) in [5.41, 5.74) is 3.40. The Balaban J connectivity index is 1.92. The highest BCUT2D eigenvalue weighted by atomic mass is 79.9. The van der Waals surface area contributed by atoms with Gasteiger partial charge in [0.25, 0.3) is 5.91 Å². The van der Waals surface area contributed by atoms with Gasteiger partial charge in [0.2, 0.25) is 5.91 Å². The van der Waals surface area contributed by atoms with Crippen LogP contribution >= 0.6 is 15.9 Å². The van der Waals surface area contributed by atoms with Gasteiger partial charge in [-0.05, 0) is 65.2 Å². The van der Waals surface area contributed by atoms with Crippen LogP contribution in [0, 0.1) is 13.8 Å². The van der Waals surface area contributed by atoms with Crippen molar-refractivity contribution in [2.24, 2.45) is 0 Å². The molecule has 0 fully saturated rings. The summed E-state index contributed by atoms with van der Waals surface area (Å²) in [6, 6.07) is 12.8. The number of para-hydroxylation sites is 1. The van der Waals surface area contributed by atoms with Crippen LogP contribution < -0.4 is 10.6 Å². The molecule has 0 bridgehead atoms. The number of aryl methyl sites for hydroxylation is 2. The molecule has 2 aromatic carbocycles. The van der Waals surface area contributed by atoms with Gasteiger partial charge < -0.3 is 10.6 Å². The standard InChI is InChI=1S/C17H17BrN2O2/c1-11-7-8-13(9-12(11)2)17(22)19-10-16(21)20-15-6-4-3-5-14(15)18/h3-9H,10H2,1-2H3,(H,19,22)(H,20,21). The number of hydrogen-bond donors (Lipinski definition) is 2. The fraction of sp³-hybridized carbons (Fsp3) is 0.176. The quantitative estimate of drug-likeness (QED) is 0.877. The minimum atomic E-state index is -0.274. The zero-order valence-electron chi connectivity index (χ0n) is 12.4. The summed E-state index contributed by atoms with van der Waals surface area (Å²) in [5.74, 6) is -0.533. The zero-order valence-corrected chi connectivity index (χ0v) is 14.0. The maximum absolute atomic E-state index is 12.0. The molecule has 0 saturated heterocycles. The lowest BCUT2D eigenvalue weighted by atomic mass is 10.1. The van der Waals surface area contributed by atoms with Gasteiger partial charge in [-0.25, -0.2) is 0 Å². The Kier molecular flexibility index (Phi) is 5.33. The van der Waals surface area contributed by atoms with Crippen LogP contribution in [-0.4, -0.2) is 18.4 Å². The van der Waals surface area contributed by atoms with Gasteiger partial charge in [-0.1, -0.05) is 18.2 Å². The van der Waals surface area contributed by atoms with E-state index in [0.29, 0.717) is 11.3 Å². The third kappa shape index (κ3) is 4.18. The summed E-state index contributed by atoms with van der Waals surface area (Å²) in [4.78, 5) is 23.9. The Bertz CT molecular complexity index is 714. The fourth-order valence-corrected chi connectivity index (χ4v) is 2.29. The molecule has 0 heterocycles. The topological polar surface area (TPSA) is 58.2 Å². The molecule has 0 aromatic heterocycles. The van der Waals surface area contributed by atoms with Crippen LogP contribution in [0.5, 0.6) is 0 Å². The zero-order chi connectivity index (χ0) is 16.1. The number of amides is 2. The van der Waals surface area contributed by atoms with Crippen molar-refractivity contribution in [3.05, 3.63) is 63.6 Å². The van der Waals surface area contributed by atoms with Gasteiger partial charge in [0, 0.05) is 10.0 Å². The molecule has 0 saturated carbocycles. The molecule has 5 heteroatoms. The molecule has 0 unspecified atom stereocenters. The van der Waals surface area contributed by atoms with Crippen LogP contribution in [0.15, 0.2) is 46.9 Å². The van der Waals surface area contributed by atoms with Crippen molar-refractivity contribution in [3.8, 4) is 0 Å². The van der Waals surface area contributed by atoms with E-state index in [9.17, 15) is 9.59 Å². The van der Waals surface area contributed by atoms with Gasteiger partial charge >= 0.3 is 0 Å². The van der Waals surface area contributed by atoms with Gasteiger partial charge in [0.1, 0.15) is 0 Å². The van der Waals surface area contributed by atoms with Gasteiger partial charge in [0.05, 0.1) is 12.2 Å². The molecule has 2 amide bonds. The first-order valence-electron chi connectivity index (χ1n) is 6.87. The van der Waals surface area contributed by atoms with Crippen molar-refractivity contribution in [2.75, 3.05) is 11.9 Å². The molecular formula is C17H17BrN2O2. The highest BCUT2D eigenvalue weighted by Gasteiger charge is 2.10. The second kappa shape index (κ2) is 7.22. The van der Waals surface area contributed by atoms with Crippen LogP contribution in [0.3, 0.4) is 0 Å². The molecule has 2 N–H and O–H groups in total. The molecule has 114 valence electrons. The van der Waals surface area contributed by atoms with E-state index < -0.39 is 0 Å². The van der Waals surface area contributed by atoms with E-state index in [-0.39, 0.29) is 18.4 Å². The highest BCUT2D eigenvalue weighted by molar-refractivity contribution is 9.10. The molecule has 0 aliphatic heterocycles. The number of carbonyl (C=O) groups excluding carboxylic acids is 2. The third-order valence-corrected chi connectivity index (χ3v) is 4.02. The minimum absolute atomic E-state index is 0.0763. The van der Waals surface area contributed by atoms with E-state index in [4.69, 9.17) is 0 Å². The van der Waals surface area contributed by atoms with E-state index in [1.54, 1.807) is 12.1 Å². The monoisotopic (exact) mass is 360 g/mol. The van der Waals surface area contributed by atoms with E-state index in [1.807, 2.05) is 44.2 Å². The van der Waals surface area contributed by atoms with Crippen molar-refractivity contribution in [3.63, 3.8) is 0 Å². The molecular weight excluding hydrogens is 344 g/mol. The molecule has 0 aliphatic rings. The number of anilines is 1. The van der Waals surface area contributed by atoms with Gasteiger partial charge in [-0.3, -0.25) is 9.59 Å². The van der Waals surface area contributed by atoms with Crippen molar-refractivity contribution < 1.29 is 9.59 Å². The Morgan fingerprint density at radius 3 is 2.45 bits per heavy atom. The Morgan fingerprint density at radius 1 is 1.05 bits per heavy atom. The van der Waals surface area contributed by atoms with Crippen LogP contribution in [0.4, 0.5) is 5.69 Å². The first-order chi connectivity index (χ1) is 10.5. The predicted molar refractivity (Wildman–Crippen MR) is 91.0 cm³/mol. The molecule has 0 atom stereocenters. The second-order valence-corrected chi connectivity index (χ2v) is 5.86. The molecule has 2 rings (SSSR count). The summed E-state index contributed by atoms with van der Waals surface area (Å²) < 4.78 is 0.795. The maximum Gasteiger partial charge on any atom is 0.251 e. The molecule has 22 heavy (non-hydrogen) atoms. The first kappa shape index (κ1) is 16.2. The van der Waals surface area contributed by atoms with E-state index in [0.717, 1.165) is 15.6 Å². The predicted octanol–water partition coefficient (Wildman–Crippen LogP) is 3.43. The summed E-state index contributed by atoms with van der Waals surface area (Å²) in [7, 11) is 0. The second-order valence-electron chi connectivity index (χ2n) is 5.01. The van der Waals surface area contributed by atoms with E-state index >= 15 is 0 Å². The molecule has 4 nitrogen and oxygen atoms in total. The van der Waals surface area contributed by atoms with Crippen LogP contribution in [0.1, 0.15) is 21.5 Å². The molecule has 0 spiro atoms. The molecule has 2 aromatic rings. The fourth-order valence-electron chi connectivity index (χ4n) is 1.90. The highest BCUT2D eigenvalue weighted by Crippen LogP contribution is 2.20. The average molecular weight is 361 g/mol. The maximum atomic E-state index is 12.0. The summed E-state index contributed by atoms with van der Waals surface area (Å²) in [5, 5.41) is 5.36. The Labute approximate surface area is 138 Å². The number of hydrogen-bond acceptors (Lipinski definition) is 2. The summed E-state index contributed by atoms with van der Waals surface area (Å²) in [6.07, 6.45) is 0. The number of halogens is 1. The lowest BCUT2D eigenvalue weighted by molar-refractivity contribution is -0.115. The number of benzene rings is 2. The lowest BCUT2D eigenvalue weighted by Crippen LogP contribution is -2.32. The van der Waals surface area contributed by atoms with Gasteiger partial charge in [-0.2, -0.15) is 0 Å². The third-order valence-electron chi connectivity index (χ3n) is 3.33. The minimum Gasteiger partial charge on any atom is -0.343 e. The largest absolute Gasteiger partial charge is 0.343 e. The van der Waals surface area contributed by atoms with E-state index in [1.165, 1.54) is 0 Å². The number of nitrogens with one attached hydrogen (secondary N) is 2. The smallest absolute Gasteiger partial charge is 0.251 e. The van der Waals surface area contributed by atoms with Crippen LogP contribution in [0.2, 0.25) is 0 Å². The Hall–Kier alpha value is -2.14. The SMILES string of the molecule is Cc1ccc(C(=O)NCC(=O)Nc2ccccc2Br)cc1C. The van der Waals surface area contributed by atoms with Crippen molar-refractivity contribution in [1.82, 2.24) is 5.32 Å². The lowest BCUT2D eigenvalue weighted by Gasteiger charge is -2.09. The van der Waals surface area contributed by atoms with Crippen molar-refractivity contribution in [1.29, 1.82) is 0 Å². The molecule has 0 aliphatic carbocycles. The molecule has 0 radical (unpaired) electrons. The number of rotatable bonds is 4. The van der Waals surface area contributed by atoms with Crippen molar-refractivity contribution >= 4 is 33.4 Å². The van der Waals surface area contributed by atoms with Crippen LogP contribution in [-0.2, 0) is 4.79 Å². The first-order valence-corrected chi connectivity index (χ1v) is 7.66. The summed E-state index contributed by atoms with van der Waals surface area (Å²) >= 11 is 3.35. The van der Waals surface area contributed by atoms with Crippen molar-refractivity contribution in [2.45, 2.75) is 13.8 Å². The van der Waals surface area contributed by atoms with E-state index in [2.05, 4.69) is 26.6 Å². The van der Waals surface area contributed by atoms with Gasteiger partial charge in [0.15, 0.2) is 0 Å². The number of carbonyl (C=O) groups is 2. The Morgan fingerprint density at radius 2 is 1.77 bits per heavy atom. The van der Waals surface area contributed by atoms with Crippen LogP contribution in [0.25, 0.3) is 0 Å².